The molecule has 0 spiro atoms. The fraction of sp³-hybridized carbons (Fsp3) is 0. The molecule has 0 saturated carbocycles. The number of aromatic nitrogens is 4. The number of amidine groups is 1. The van der Waals surface area contributed by atoms with Crippen molar-refractivity contribution in [3.63, 3.8) is 0 Å². The summed E-state index contributed by atoms with van der Waals surface area (Å²) < 4.78 is 0. The van der Waals surface area contributed by atoms with Crippen LogP contribution >= 0.6 is 0 Å². The molecule has 166 valence electrons. The van der Waals surface area contributed by atoms with Gasteiger partial charge in [-0.15, -0.1) is 20.1 Å². The van der Waals surface area contributed by atoms with Gasteiger partial charge in [0.2, 0.25) is 5.82 Å². The second kappa shape index (κ2) is 9.35. The largest absolute Gasteiger partial charge is 0.382 e. The van der Waals surface area contributed by atoms with Crippen molar-refractivity contribution in [3.05, 3.63) is 115 Å². The monoisotopic (exact) mass is 446 g/mol. The number of hydrogen-bond donors (Lipinski definition) is 2. The SMILES string of the molecule is N/C(=N\N(N)c1ccccc1)c1ccc(-c2ccc(-c3nnn(-c4ccccc4)n3)cc2)cc1. The smallest absolute Gasteiger partial charge is 0.205 e. The highest BCUT2D eigenvalue weighted by Gasteiger charge is 2.08. The molecule has 1 aromatic heterocycles. The summed E-state index contributed by atoms with van der Waals surface area (Å²) in [4.78, 5) is 1.52. The molecule has 5 rings (SSSR count). The first-order valence-electron chi connectivity index (χ1n) is 10.7. The van der Waals surface area contributed by atoms with Crippen molar-refractivity contribution in [1.82, 2.24) is 20.2 Å². The quantitative estimate of drug-likeness (QED) is 0.177. The van der Waals surface area contributed by atoms with Crippen LogP contribution in [-0.2, 0) is 0 Å². The number of para-hydroxylation sites is 2. The van der Waals surface area contributed by atoms with Crippen LogP contribution in [0.1, 0.15) is 5.56 Å². The second-order valence-electron chi connectivity index (χ2n) is 7.56. The first-order chi connectivity index (χ1) is 16.7. The number of tetrazole rings is 1. The Labute approximate surface area is 196 Å². The Kier molecular flexibility index (Phi) is 5.79. The van der Waals surface area contributed by atoms with Gasteiger partial charge >= 0.3 is 0 Å². The molecule has 0 aliphatic carbocycles. The van der Waals surface area contributed by atoms with Crippen LogP contribution in [0, 0.1) is 0 Å². The molecule has 8 heteroatoms. The minimum atomic E-state index is 0.334. The molecule has 8 nitrogen and oxygen atoms in total. The third kappa shape index (κ3) is 4.52. The second-order valence-corrected chi connectivity index (χ2v) is 7.56. The van der Waals surface area contributed by atoms with Crippen LogP contribution in [0.15, 0.2) is 114 Å². The highest BCUT2D eigenvalue weighted by atomic mass is 15.6. The number of nitrogens with two attached hydrogens (primary N) is 2. The normalized spacial score (nSPS) is 11.4. The highest BCUT2D eigenvalue weighted by molar-refractivity contribution is 5.98. The number of hydrogen-bond acceptors (Lipinski definition) is 6. The molecule has 0 aliphatic heterocycles. The Morgan fingerprint density at radius 2 is 1.26 bits per heavy atom. The molecule has 34 heavy (non-hydrogen) atoms. The van der Waals surface area contributed by atoms with Crippen LogP contribution in [0.2, 0.25) is 0 Å². The van der Waals surface area contributed by atoms with Crippen LogP contribution in [0.25, 0.3) is 28.2 Å². The van der Waals surface area contributed by atoms with Crippen molar-refractivity contribution in [2.24, 2.45) is 16.7 Å². The molecule has 0 amide bonds. The Hall–Kier alpha value is -4.82. The van der Waals surface area contributed by atoms with Crippen LogP contribution < -0.4 is 16.7 Å². The summed E-state index contributed by atoms with van der Waals surface area (Å²) in [7, 11) is 0. The zero-order valence-electron chi connectivity index (χ0n) is 18.2. The predicted octanol–water partition coefficient (Wildman–Crippen LogP) is 4.00. The number of anilines is 1. The van der Waals surface area contributed by atoms with Crippen molar-refractivity contribution in [2.45, 2.75) is 0 Å². The fourth-order valence-electron chi connectivity index (χ4n) is 3.46. The molecule has 0 aliphatic rings. The Morgan fingerprint density at radius 3 is 1.91 bits per heavy atom. The molecule has 0 saturated heterocycles. The summed E-state index contributed by atoms with van der Waals surface area (Å²) >= 11 is 0. The maximum atomic E-state index is 6.16. The van der Waals surface area contributed by atoms with E-state index in [4.69, 9.17) is 11.6 Å². The third-order valence-corrected chi connectivity index (χ3v) is 5.29. The molecule has 5 aromatic rings. The van der Waals surface area contributed by atoms with Gasteiger partial charge in [-0.2, -0.15) is 5.12 Å². The van der Waals surface area contributed by atoms with Crippen LogP contribution in [0.5, 0.6) is 0 Å². The van der Waals surface area contributed by atoms with Crippen LogP contribution in [0.3, 0.4) is 0 Å². The summed E-state index contributed by atoms with van der Waals surface area (Å²) in [6.45, 7) is 0. The third-order valence-electron chi connectivity index (χ3n) is 5.29. The maximum absolute atomic E-state index is 6.16. The van der Waals surface area contributed by atoms with E-state index in [-0.39, 0.29) is 0 Å². The summed E-state index contributed by atoms with van der Waals surface area (Å²) in [5.74, 6) is 6.90. The lowest BCUT2D eigenvalue weighted by Gasteiger charge is -2.13. The zero-order valence-corrected chi connectivity index (χ0v) is 18.2. The van der Waals surface area contributed by atoms with E-state index in [2.05, 4.69) is 20.5 Å². The van der Waals surface area contributed by atoms with E-state index in [1.807, 2.05) is 109 Å². The topological polar surface area (TPSA) is 111 Å². The van der Waals surface area contributed by atoms with Gasteiger partial charge in [-0.3, -0.25) is 0 Å². The van der Waals surface area contributed by atoms with Gasteiger partial charge in [-0.25, -0.2) is 5.84 Å². The Balaban J connectivity index is 1.30. The van der Waals surface area contributed by atoms with E-state index < -0.39 is 0 Å². The van der Waals surface area contributed by atoms with Crippen LogP contribution in [-0.4, -0.2) is 26.0 Å². The number of hydrazone groups is 1. The van der Waals surface area contributed by atoms with Gasteiger partial charge in [0.05, 0.1) is 11.4 Å². The lowest BCUT2D eigenvalue weighted by Crippen LogP contribution is -2.29. The van der Waals surface area contributed by atoms with Crippen molar-refractivity contribution in [1.29, 1.82) is 0 Å². The standard InChI is InChI=1S/C26H22N8/c27-25(30-33(28)23-7-3-1-4-8-23)21-15-11-19(12-16-21)20-13-17-22(18-14-20)26-29-32-34(31-26)24-9-5-2-6-10-24/h1-18H,28H2,(H2,27,30). The van der Waals surface area contributed by atoms with E-state index in [0.717, 1.165) is 33.6 Å². The number of benzene rings is 4. The summed E-state index contributed by atoms with van der Waals surface area (Å²) in [6.07, 6.45) is 0. The minimum Gasteiger partial charge on any atom is -0.382 e. The van der Waals surface area contributed by atoms with E-state index in [0.29, 0.717) is 11.7 Å². The lowest BCUT2D eigenvalue weighted by atomic mass is 10.0. The fourth-order valence-corrected chi connectivity index (χ4v) is 3.46. The zero-order chi connectivity index (χ0) is 23.3. The molecule has 4 N–H and O–H groups in total. The van der Waals surface area contributed by atoms with E-state index >= 15 is 0 Å². The first kappa shape index (κ1) is 21.0. The Morgan fingerprint density at radius 1 is 0.706 bits per heavy atom. The molecule has 4 aromatic carbocycles. The van der Waals surface area contributed by atoms with Crippen LogP contribution in [0.4, 0.5) is 5.69 Å². The van der Waals surface area contributed by atoms with Gasteiger partial charge in [0, 0.05) is 11.1 Å². The summed E-state index contributed by atoms with van der Waals surface area (Å²) in [6, 6.07) is 35.0. The lowest BCUT2D eigenvalue weighted by molar-refractivity contribution is 0.720. The van der Waals surface area contributed by atoms with Crippen molar-refractivity contribution in [2.75, 3.05) is 5.12 Å². The molecule has 0 atom stereocenters. The molecule has 0 fully saturated rings. The van der Waals surface area contributed by atoms with Gasteiger partial charge in [0.15, 0.2) is 5.84 Å². The minimum absolute atomic E-state index is 0.334. The van der Waals surface area contributed by atoms with Crippen molar-refractivity contribution >= 4 is 11.5 Å². The highest BCUT2D eigenvalue weighted by Crippen LogP contribution is 2.23. The number of rotatable bonds is 6. The average Bonchev–Trinajstić information content (AvgIpc) is 3.40. The average molecular weight is 447 g/mol. The molecule has 0 bridgehead atoms. The van der Waals surface area contributed by atoms with Gasteiger partial charge in [0.25, 0.3) is 0 Å². The van der Waals surface area contributed by atoms with Gasteiger partial charge < -0.3 is 5.73 Å². The molecule has 0 unspecified atom stereocenters. The van der Waals surface area contributed by atoms with E-state index in [9.17, 15) is 0 Å². The number of nitrogens with zero attached hydrogens (tertiary/aromatic N) is 6. The summed E-state index contributed by atoms with van der Waals surface area (Å²) in [5.41, 5.74) is 11.6. The number of hydrazine groups is 1. The molecule has 0 radical (unpaired) electrons. The first-order valence-corrected chi connectivity index (χ1v) is 10.7. The maximum Gasteiger partial charge on any atom is 0.205 e. The molecular weight excluding hydrogens is 424 g/mol. The van der Waals surface area contributed by atoms with Crippen molar-refractivity contribution in [3.8, 4) is 28.2 Å². The van der Waals surface area contributed by atoms with E-state index in [1.54, 1.807) is 0 Å². The Bertz CT molecular complexity index is 1390. The predicted molar refractivity (Wildman–Crippen MR) is 134 cm³/mol. The van der Waals surface area contributed by atoms with Gasteiger partial charge in [-0.1, -0.05) is 84.9 Å². The summed E-state index contributed by atoms with van der Waals surface area (Å²) in [5, 5.41) is 18.4. The van der Waals surface area contributed by atoms with Gasteiger partial charge in [-0.05, 0) is 40.6 Å². The molecular formula is C26H22N8. The van der Waals surface area contributed by atoms with Gasteiger partial charge in [0.1, 0.15) is 0 Å². The van der Waals surface area contributed by atoms with E-state index in [1.165, 1.54) is 9.91 Å². The van der Waals surface area contributed by atoms with Crippen molar-refractivity contribution < 1.29 is 0 Å². The molecule has 1 heterocycles.